The fraction of sp³-hybridized carbons (Fsp3) is 0.231. The summed E-state index contributed by atoms with van der Waals surface area (Å²) in [5.74, 6) is 0.993. The van der Waals surface area contributed by atoms with Crippen LogP contribution in [0.1, 0.15) is 31.7 Å². The van der Waals surface area contributed by atoms with E-state index in [0.717, 1.165) is 29.7 Å². The van der Waals surface area contributed by atoms with E-state index in [1.807, 2.05) is 55.5 Å². The molecule has 0 bridgehead atoms. The Morgan fingerprint density at radius 2 is 1.97 bits per heavy atom. The lowest BCUT2D eigenvalue weighted by molar-refractivity contribution is 0.199. The maximum atomic E-state index is 13.6. The van der Waals surface area contributed by atoms with E-state index in [-0.39, 0.29) is 17.9 Å². The van der Waals surface area contributed by atoms with Gasteiger partial charge in [0.15, 0.2) is 5.58 Å². The molecule has 5 rings (SSSR count). The zero-order chi connectivity index (χ0) is 22.8. The SMILES string of the molecule is CCOc1ccc(NC(=O)N2CCC[C@H]2c2nc3cc(-c4cccc(F)c4)ccc3o2)cc1. The summed E-state index contributed by atoms with van der Waals surface area (Å²) < 4.78 is 25.1. The van der Waals surface area contributed by atoms with Crippen LogP contribution >= 0.6 is 0 Å². The molecular formula is C26H24FN3O3. The van der Waals surface area contributed by atoms with Gasteiger partial charge in [0.1, 0.15) is 23.1 Å². The predicted molar refractivity (Wildman–Crippen MR) is 125 cm³/mol. The van der Waals surface area contributed by atoms with Crippen molar-refractivity contribution in [2.45, 2.75) is 25.8 Å². The molecule has 1 aliphatic heterocycles. The fourth-order valence-electron chi connectivity index (χ4n) is 4.20. The Kier molecular flexibility index (Phi) is 5.69. The van der Waals surface area contributed by atoms with Crippen LogP contribution in [0.4, 0.5) is 14.9 Å². The molecular weight excluding hydrogens is 421 g/mol. The zero-order valence-corrected chi connectivity index (χ0v) is 18.3. The number of fused-ring (bicyclic) bond motifs is 1. The number of amides is 2. The number of benzene rings is 3. The molecule has 0 radical (unpaired) electrons. The van der Waals surface area contributed by atoms with E-state index >= 15 is 0 Å². The van der Waals surface area contributed by atoms with Crippen LogP contribution in [0, 0.1) is 5.82 Å². The Labute approximate surface area is 191 Å². The Hall–Kier alpha value is -3.87. The number of rotatable bonds is 5. The summed E-state index contributed by atoms with van der Waals surface area (Å²) in [6, 6.07) is 18.9. The topological polar surface area (TPSA) is 67.6 Å². The van der Waals surface area contributed by atoms with Crippen LogP contribution in [0.15, 0.2) is 71.1 Å². The van der Waals surface area contributed by atoms with Gasteiger partial charge in [-0.3, -0.25) is 0 Å². The molecule has 1 aromatic heterocycles. The average Bonchev–Trinajstić information content (AvgIpc) is 3.47. The van der Waals surface area contributed by atoms with E-state index in [0.29, 0.717) is 35.8 Å². The molecule has 1 fully saturated rings. The van der Waals surface area contributed by atoms with Crippen LogP contribution in [0.25, 0.3) is 22.2 Å². The number of carbonyl (C=O) groups is 1. The lowest BCUT2D eigenvalue weighted by Crippen LogP contribution is -2.34. The number of urea groups is 1. The van der Waals surface area contributed by atoms with Crippen molar-refractivity contribution in [3.63, 3.8) is 0 Å². The van der Waals surface area contributed by atoms with Crippen LogP contribution in [0.5, 0.6) is 5.75 Å². The summed E-state index contributed by atoms with van der Waals surface area (Å²) in [6.45, 7) is 3.15. The molecule has 0 unspecified atom stereocenters. The van der Waals surface area contributed by atoms with E-state index in [2.05, 4.69) is 10.3 Å². The second kappa shape index (κ2) is 8.94. The summed E-state index contributed by atoms with van der Waals surface area (Å²) in [7, 11) is 0. The first kappa shape index (κ1) is 21.0. The first-order valence-corrected chi connectivity index (χ1v) is 11.1. The molecule has 3 aromatic carbocycles. The van der Waals surface area contributed by atoms with Crippen LogP contribution in [-0.2, 0) is 0 Å². The van der Waals surface area contributed by atoms with Crippen LogP contribution < -0.4 is 10.1 Å². The Morgan fingerprint density at radius 3 is 2.76 bits per heavy atom. The summed E-state index contributed by atoms with van der Waals surface area (Å²) in [5.41, 5.74) is 3.66. The molecule has 0 spiro atoms. The second-order valence-corrected chi connectivity index (χ2v) is 7.98. The number of nitrogens with one attached hydrogen (secondary N) is 1. The number of aromatic nitrogens is 1. The van der Waals surface area contributed by atoms with Gasteiger partial charge in [-0.1, -0.05) is 18.2 Å². The molecule has 1 saturated heterocycles. The highest BCUT2D eigenvalue weighted by atomic mass is 19.1. The van der Waals surface area contributed by atoms with E-state index in [1.54, 1.807) is 11.0 Å². The van der Waals surface area contributed by atoms with Crippen molar-refractivity contribution >= 4 is 22.8 Å². The van der Waals surface area contributed by atoms with Crippen molar-refractivity contribution in [1.82, 2.24) is 9.88 Å². The number of nitrogens with zero attached hydrogens (tertiary/aromatic N) is 2. The first-order valence-electron chi connectivity index (χ1n) is 11.1. The van der Waals surface area contributed by atoms with Crippen molar-refractivity contribution in [3.8, 4) is 16.9 Å². The summed E-state index contributed by atoms with van der Waals surface area (Å²) in [4.78, 5) is 19.4. The third-order valence-corrected chi connectivity index (χ3v) is 5.78. The minimum absolute atomic E-state index is 0.190. The van der Waals surface area contributed by atoms with Gasteiger partial charge in [0.2, 0.25) is 5.89 Å². The van der Waals surface area contributed by atoms with Gasteiger partial charge in [0, 0.05) is 12.2 Å². The Morgan fingerprint density at radius 1 is 1.15 bits per heavy atom. The number of halogens is 1. The zero-order valence-electron chi connectivity index (χ0n) is 18.3. The monoisotopic (exact) mass is 445 g/mol. The molecule has 1 aliphatic rings. The molecule has 0 aliphatic carbocycles. The van der Waals surface area contributed by atoms with Crippen molar-refractivity contribution in [2.24, 2.45) is 0 Å². The minimum Gasteiger partial charge on any atom is -0.494 e. The van der Waals surface area contributed by atoms with E-state index in [4.69, 9.17) is 9.15 Å². The average molecular weight is 445 g/mol. The van der Waals surface area contributed by atoms with Crippen molar-refractivity contribution in [3.05, 3.63) is 78.4 Å². The molecule has 1 atom stereocenters. The van der Waals surface area contributed by atoms with Gasteiger partial charge in [-0.2, -0.15) is 0 Å². The summed E-state index contributed by atoms with van der Waals surface area (Å²) in [6.07, 6.45) is 1.65. The van der Waals surface area contributed by atoms with Crippen LogP contribution in [-0.4, -0.2) is 29.1 Å². The Bertz CT molecular complexity index is 1290. The summed E-state index contributed by atoms with van der Waals surface area (Å²) in [5, 5.41) is 2.95. The van der Waals surface area contributed by atoms with Gasteiger partial charge in [0.25, 0.3) is 0 Å². The number of carbonyl (C=O) groups excluding carboxylic acids is 1. The highest BCUT2D eigenvalue weighted by Gasteiger charge is 2.33. The molecule has 7 heteroatoms. The van der Waals surface area contributed by atoms with Gasteiger partial charge < -0.3 is 19.4 Å². The van der Waals surface area contributed by atoms with Crippen molar-refractivity contribution < 1.29 is 18.3 Å². The molecule has 6 nitrogen and oxygen atoms in total. The normalized spacial score (nSPS) is 15.7. The number of hydrogen-bond acceptors (Lipinski definition) is 4. The van der Waals surface area contributed by atoms with Gasteiger partial charge in [0.05, 0.1) is 6.61 Å². The predicted octanol–water partition coefficient (Wildman–Crippen LogP) is 6.40. The van der Waals surface area contributed by atoms with Crippen molar-refractivity contribution in [2.75, 3.05) is 18.5 Å². The van der Waals surface area contributed by atoms with Crippen molar-refractivity contribution in [1.29, 1.82) is 0 Å². The third-order valence-electron chi connectivity index (χ3n) is 5.78. The van der Waals surface area contributed by atoms with Gasteiger partial charge in [-0.15, -0.1) is 0 Å². The smallest absolute Gasteiger partial charge is 0.322 e. The number of ether oxygens (including phenoxy) is 1. The maximum Gasteiger partial charge on any atom is 0.322 e. The minimum atomic E-state index is -0.284. The van der Waals surface area contributed by atoms with Gasteiger partial charge in [-0.05, 0) is 79.4 Å². The number of hydrogen-bond donors (Lipinski definition) is 1. The summed E-state index contributed by atoms with van der Waals surface area (Å²) >= 11 is 0. The lowest BCUT2D eigenvalue weighted by Gasteiger charge is -2.22. The molecule has 2 heterocycles. The highest BCUT2D eigenvalue weighted by molar-refractivity contribution is 5.90. The van der Waals surface area contributed by atoms with Crippen LogP contribution in [0.3, 0.4) is 0 Å². The molecule has 2 amide bonds. The molecule has 1 N–H and O–H groups in total. The largest absolute Gasteiger partial charge is 0.494 e. The number of likely N-dealkylation sites (tertiary alicyclic amines) is 1. The van der Waals surface area contributed by atoms with E-state index < -0.39 is 0 Å². The molecule has 0 saturated carbocycles. The molecule has 168 valence electrons. The number of anilines is 1. The van der Waals surface area contributed by atoms with E-state index in [1.165, 1.54) is 12.1 Å². The molecule has 33 heavy (non-hydrogen) atoms. The maximum absolute atomic E-state index is 13.6. The fourth-order valence-corrected chi connectivity index (χ4v) is 4.20. The standard InChI is InChI=1S/C26H24FN3O3/c1-2-32-21-11-9-20(10-12-21)28-26(31)30-14-4-7-23(30)25-29-22-16-18(8-13-24(22)33-25)17-5-3-6-19(27)15-17/h3,5-6,8-13,15-16,23H,2,4,7,14H2,1H3,(H,28,31)/t23-/m0/s1. The second-order valence-electron chi connectivity index (χ2n) is 7.98. The van der Waals surface area contributed by atoms with Gasteiger partial charge in [-0.25, -0.2) is 14.2 Å². The third kappa shape index (κ3) is 4.39. The Balaban J connectivity index is 1.35. The molecule has 4 aromatic rings. The highest BCUT2D eigenvalue weighted by Crippen LogP contribution is 2.35. The first-order chi connectivity index (χ1) is 16.1. The lowest BCUT2D eigenvalue weighted by atomic mass is 10.1. The number of oxazole rings is 1. The quantitative estimate of drug-likeness (QED) is 0.386. The van der Waals surface area contributed by atoms with Crippen LogP contribution in [0.2, 0.25) is 0 Å². The van der Waals surface area contributed by atoms with Gasteiger partial charge >= 0.3 is 6.03 Å². The van der Waals surface area contributed by atoms with E-state index in [9.17, 15) is 9.18 Å².